The number of hydrogen-bond acceptors (Lipinski definition) is 3. The van der Waals surface area contributed by atoms with E-state index in [-0.39, 0.29) is 0 Å². The molecule has 0 aliphatic carbocycles. The Balaban J connectivity index is 2.13. The van der Waals surface area contributed by atoms with Crippen LogP contribution in [-0.4, -0.2) is 16.5 Å². The maximum absolute atomic E-state index is 4.33. The summed E-state index contributed by atoms with van der Waals surface area (Å²) < 4.78 is 0. The van der Waals surface area contributed by atoms with Gasteiger partial charge in [-0.25, -0.2) is 9.97 Å². The average Bonchev–Trinajstić information content (AvgIpc) is 2.38. The fourth-order valence-electron chi connectivity index (χ4n) is 1.42. The molecule has 0 bridgehead atoms. The first kappa shape index (κ1) is 10.6. The summed E-state index contributed by atoms with van der Waals surface area (Å²) in [6.45, 7) is 3.08. The van der Waals surface area contributed by atoms with Gasteiger partial charge in [0.1, 0.15) is 0 Å². The molecule has 1 aromatic carbocycles. The van der Waals surface area contributed by atoms with Crippen molar-refractivity contribution < 1.29 is 0 Å². The fraction of sp³-hybridized carbons (Fsp3) is 0.231. The van der Waals surface area contributed by atoms with E-state index in [1.807, 2.05) is 42.7 Å². The van der Waals surface area contributed by atoms with Crippen LogP contribution in [0.2, 0.25) is 0 Å². The van der Waals surface area contributed by atoms with Crippen LogP contribution in [0.15, 0.2) is 42.7 Å². The molecule has 82 valence electrons. The predicted molar refractivity (Wildman–Crippen MR) is 66.2 cm³/mol. The number of rotatable bonds is 4. The molecule has 3 heteroatoms. The van der Waals surface area contributed by atoms with E-state index in [0.717, 1.165) is 30.0 Å². The smallest absolute Gasteiger partial charge is 0.159 e. The van der Waals surface area contributed by atoms with E-state index in [0.29, 0.717) is 0 Å². The van der Waals surface area contributed by atoms with Gasteiger partial charge in [-0.05, 0) is 6.42 Å². The van der Waals surface area contributed by atoms with Crippen LogP contribution in [0.3, 0.4) is 0 Å². The molecule has 1 heterocycles. The van der Waals surface area contributed by atoms with Gasteiger partial charge in [0, 0.05) is 12.1 Å². The maximum atomic E-state index is 4.33. The van der Waals surface area contributed by atoms with Gasteiger partial charge < -0.3 is 5.32 Å². The zero-order valence-corrected chi connectivity index (χ0v) is 9.35. The first-order valence-electron chi connectivity index (χ1n) is 5.51. The second kappa shape index (κ2) is 5.26. The molecule has 0 spiro atoms. The molecule has 0 aliphatic heterocycles. The number of benzene rings is 1. The second-order valence-corrected chi connectivity index (χ2v) is 3.59. The molecule has 0 atom stereocenters. The van der Waals surface area contributed by atoms with Gasteiger partial charge in [0.25, 0.3) is 0 Å². The lowest BCUT2D eigenvalue weighted by Gasteiger charge is -2.04. The first-order chi connectivity index (χ1) is 7.90. The third kappa shape index (κ3) is 2.57. The molecule has 0 radical (unpaired) electrons. The van der Waals surface area contributed by atoms with Crippen LogP contribution in [0.5, 0.6) is 0 Å². The minimum Gasteiger partial charge on any atom is -0.383 e. The van der Waals surface area contributed by atoms with Crippen molar-refractivity contribution in [3.8, 4) is 11.4 Å². The van der Waals surface area contributed by atoms with Gasteiger partial charge in [-0.1, -0.05) is 37.3 Å². The molecular weight excluding hydrogens is 198 g/mol. The number of aromatic nitrogens is 2. The van der Waals surface area contributed by atoms with Gasteiger partial charge in [-0.3, -0.25) is 0 Å². The molecule has 16 heavy (non-hydrogen) atoms. The van der Waals surface area contributed by atoms with E-state index in [1.165, 1.54) is 0 Å². The Bertz CT molecular complexity index is 423. The van der Waals surface area contributed by atoms with Crippen LogP contribution in [-0.2, 0) is 0 Å². The quantitative estimate of drug-likeness (QED) is 0.848. The molecule has 2 rings (SSSR count). The van der Waals surface area contributed by atoms with Crippen molar-refractivity contribution in [3.05, 3.63) is 42.7 Å². The van der Waals surface area contributed by atoms with Gasteiger partial charge in [0.15, 0.2) is 5.82 Å². The molecule has 0 fully saturated rings. The fourth-order valence-corrected chi connectivity index (χ4v) is 1.42. The summed E-state index contributed by atoms with van der Waals surface area (Å²) in [6, 6.07) is 9.98. The van der Waals surface area contributed by atoms with E-state index in [1.54, 1.807) is 0 Å². The summed E-state index contributed by atoms with van der Waals surface area (Å²) in [7, 11) is 0. The van der Waals surface area contributed by atoms with Crippen molar-refractivity contribution in [1.29, 1.82) is 0 Å². The highest BCUT2D eigenvalue weighted by Crippen LogP contribution is 2.14. The Morgan fingerprint density at radius 2 is 1.75 bits per heavy atom. The molecule has 2 aromatic rings. The maximum Gasteiger partial charge on any atom is 0.159 e. The van der Waals surface area contributed by atoms with Crippen molar-refractivity contribution in [2.45, 2.75) is 13.3 Å². The summed E-state index contributed by atoms with van der Waals surface area (Å²) in [5, 5.41) is 3.25. The lowest BCUT2D eigenvalue weighted by Crippen LogP contribution is -2.01. The van der Waals surface area contributed by atoms with Crippen molar-refractivity contribution >= 4 is 5.69 Å². The number of hydrogen-bond donors (Lipinski definition) is 1. The monoisotopic (exact) mass is 213 g/mol. The van der Waals surface area contributed by atoms with E-state index < -0.39 is 0 Å². The summed E-state index contributed by atoms with van der Waals surface area (Å²) >= 11 is 0. The van der Waals surface area contributed by atoms with Gasteiger partial charge in [-0.15, -0.1) is 0 Å². The molecule has 0 saturated carbocycles. The zero-order valence-electron chi connectivity index (χ0n) is 9.35. The summed E-state index contributed by atoms with van der Waals surface area (Å²) in [4.78, 5) is 8.66. The van der Waals surface area contributed by atoms with Crippen LogP contribution in [0.25, 0.3) is 11.4 Å². The average molecular weight is 213 g/mol. The van der Waals surface area contributed by atoms with Crippen LogP contribution < -0.4 is 5.32 Å². The molecule has 1 N–H and O–H groups in total. The first-order valence-corrected chi connectivity index (χ1v) is 5.51. The zero-order chi connectivity index (χ0) is 11.2. The predicted octanol–water partition coefficient (Wildman–Crippen LogP) is 2.97. The van der Waals surface area contributed by atoms with Crippen molar-refractivity contribution in [1.82, 2.24) is 9.97 Å². The highest BCUT2D eigenvalue weighted by Gasteiger charge is 1.99. The van der Waals surface area contributed by atoms with E-state index >= 15 is 0 Å². The highest BCUT2D eigenvalue weighted by atomic mass is 14.9. The Hall–Kier alpha value is -1.90. The molecule has 0 unspecified atom stereocenters. The van der Waals surface area contributed by atoms with Crippen molar-refractivity contribution in [3.63, 3.8) is 0 Å². The SMILES string of the molecule is CCCNc1cnc(-c2ccccc2)nc1. The minimum atomic E-state index is 0.766. The van der Waals surface area contributed by atoms with Crippen LogP contribution in [0, 0.1) is 0 Å². The third-order valence-electron chi connectivity index (χ3n) is 2.26. The standard InChI is InChI=1S/C13H15N3/c1-2-8-14-12-9-15-13(16-10-12)11-6-4-3-5-7-11/h3-7,9-10,14H,2,8H2,1H3. The summed E-state index contributed by atoms with van der Waals surface area (Å²) in [5.41, 5.74) is 2.02. The van der Waals surface area contributed by atoms with E-state index in [2.05, 4.69) is 22.2 Å². The Morgan fingerprint density at radius 3 is 2.38 bits per heavy atom. The highest BCUT2D eigenvalue weighted by molar-refractivity contribution is 5.55. The summed E-state index contributed by atoms with van der Waals surface area (Å²) in [6.07, 6.45) is 4.75. The van der Waals surface area contributed by atoms with E-state index in [9.17, 15) is 0 Å². The molecule has 0 amide bonds. The third-order valence-corrected chi connectivity index (χ3v) is 2.26. The van der Waals surface area contributed by atoms with Crippen LogP contribution in [0.1, 0.15) is 13.3 Å². The van der Waals surface area contributed by atoms with Crippen LogP contribution in [0.4, 0.5) is 5.69 Å². The molecule has 0 aliphatic rings. The van der Waals surface area contributed by atoms with Crippen LogP contribution >= 0.6 is 0 Å². The number of anilines is 1. The normalized spacial score (nSPS) is 10.1. The second-order valence-electron chi connectivity index (χ2n) is 3.59. The van der Waals surface area contributed by atoms with Crippen molar-refractivity contribution in [2.75, 3.05) is 11.9 Å². The van der Waals surface area contributed by atoms with Gasteiger partial charge in [0.2, 0.25) is 0 Å². The largest absolute Gasteiger partial charge is 0.383 e. The summed E-state index contributed by atoms with van der Waals surface area (Å²) in [5.74, 6) is 0.766. The minimum absolute atomic E-state index is 0.766. The number of nitrogens with one attached hydrogen (secondary N) is 1. The van der Waals surface area contributed by atoms with Gasteiger partial charge >= 0.3 is 0 Å². The lowest BCUT2D eigenvalue weighted by atomic mass is 10.2. The molecule has 1 aromatic heterocycles. The molecule has 3 nitrogen and oxygen atoms in total. The van der Waals surface area contributed by atoms with Gasteiger partial charge in [0.05, 0.1) is 18.1 Å². The Morgan fingerprint density at radius 1 is 1.06 bits per heavy atom. The Labute approximate surface area is 95.6 Å². The van der Waals surface area contributed by atoms with E-state index in [4.69, 9.17) is 0 Å². The van der Waals surface area contributed by atoms with Gasteiger partial charge in [-0.2, -0.15) is 0 Å². The molecule has 0 saturated heterocycles. The Kier molecular flexibility index (Phi) is 3.49. The number of nitrogens with zero attached hydrogens (tertiary/aromatic N) is 2. The molecular formula is C13H15N3. The van der Waals surface area contributed by atoms with Crippen molar-refractivity contribution in [2.24, 2.45) is 0 Å². The topological polar surface area (TPSA) is 37.8 Å². The lowest BCUT2D eigenvalue weighted by molar-refractivity contribution is 0.973.